The summed E-state index contributed by atoms with van der Waals surface area (Å²) in [6, 6.07) is 36.9. The van der Waals surface area contributed by atoms with Crippen LogP contribution in [0.2, 0.25) is 0 Å². The van der Waals surface area contributed by atoms with Crippen molar-refractivity contribution in [1.29, 1.82) is 0 Å². The lowest BCUT2D eigenvalue weighted by molar-refractivity contribution is -0.109. The van der Waals surface area contributed by atoms with Gasteiger partial charge in [-0.3, -0.25) is 9.59 Å². The molecule has 6 heteroatoms. The average Bonchev–Trinajstić information content (AvgIpc) is 3.34. The summed E-state index contributed by atoms with van der Waals surface area (Å²) in [5.41, 5.74) is 16.8. The SMILES string of the molecule is CC(=O)SCCCCCCCCCCCOc1c2c(c(OCCCCCCCCCCCSC(C)=O)c3c1C1c4ccccc4C3c3ccccc31)C1c3ccccc3C2c2ccccc21. The van der Waals surface area contributed by atoms with Crippen molar-refractivity contribution in [2.24, 2.45) is 0 Å². The van der Waals surface area contributed by atoms with Crippen LogP contribution in [0.1, 0.15) is 220 Å². The summed E-state index contributed by atoms with van der Waals surface area (Å²) in [7, 11) is 0. The lowest BCUT2D eigenvalue weighted by Gasteiger charge is -2.49. The van der Waals surface area contributed by atoms with Gasteiger partial charge in [0.2, 0.25) is 0 Å². The number of hydrogen-bond donors (Lipinski definition) is 0. The molecule has 0 atom stereocenters. The van der Waals surface area contributed by atoms with Gasteiger partial charge in [-0.15, -0.1) is 0 Å². The summed E-state index contributed by atoms with van der Waals surface area (Å²) in [5.74, 6) is 4.52. The molecule has 0 unspecified atom stereocenters. The van der Waals surface area contributed by atoms with Crippen molar-refractivity contribution in [2.45, 2.75) is 153 Å². The molecule has 4 bridgehead atoms. The monoisotopic (exact) mass is 918 g/mol. The number of rotatable bonds is 26. The minimum Gasteiger partial charge on any atom is -0.493 e. The molecule has 6 aliphatic carbocycles. The molecule has 0 N–H and O–H groups in total. The first-order valence-electron chi connectivity index (χ1n) is 25.7. The third kappa shape index (κ3) is 9.98. The Labute approximate surface area is 403 Å². The topological polar surface area (TPSA) is 52.6 Å². The molecule has 5 aromatic carbocycles. The largest absolute Gasteiger partial charge is 0.493 e. The molecular formula is C60H70O4S2. The molecule has 6 aliphatic rings. The predicted octanol–water partition coefficient (Wildman–Crippen LogP) is 16.0. The van der Waals surface area contributed by atoms with E-state index in [1.807, 2.05) is 0 Å². The number of benzene rings is 5. The molecule has 0 fully saturated rings. The summed E-state index contributed by atoms with van der Waals surface area (Å²) in [6.07, 6.45) is 21.9. The second kappa shape index (κ2) is 22.7. The highest BCUT2D eigenvalue weighted by atomic mass is 32.2. The predicted molar refractivity (Wildman–Crippen MR) is 276 cm³/mol. The first-order valence-corrected chi connectivity index (χ1v) is 27.6. The molecule has 0 radical (unpaired) electrons. The molecule has 4 nitrogen and oxygen atoms in total. The van der Waals surface area contributed by atoms with Crippen LogP contribution in [-0.4, -0.2) is 35.0 Å². The van der Waals surface area contributed by atoms with Gasteiger partial charge in [-0.25, -0.2) is 0 Å². The zero-order valence-corrected chi connectivity index (χ0v) is 41.2. The maximum absolute atomic E-state index is 11.2. The fraction of sp³-hybridized carbons (Fsp3) is 0.467. The molecule has 0 saturated heterocycles. The zero-order valence-electron chi connectivity index (χ0n) is 39.6. The molecule has 0 amide bonds. The first kappa shape index (κ1) is 46.8. The van der Waals surface area contributed by atoms with E-state index in [1.54, 1.807) is 13.8 Å². The van der Waals surface area contributed by atoms with Crippen LogP contribution < -0.4 is 9.47 Å². The molecule has 0 aliphatic heterocycles. The summed E-state index contributed by atoms with van der Waals surface area (Å²) in [4.78, 5) is 22.5. The van der Waals surface area contributed by atoms with E-state index in [1.165, 1.54) is 180 Å². The molecule has 11 rings (SSSR count). The smallest absolute Gasteiger partial charge is 0.185 e. The highest BCUT2D eigenvalue weighted by Crippen LogP contribution is 2.67. The number of hydrogen-bond acceptors (Lipinski definition) is 6. The number of carbonyl (C=O) groups excluding carboxylic acids is 2. The van der Waals surface area contributed by atoms with Crippen LogP contribution in [0.3, 0.4) is 0 Å². The second-order valence-electron chi connectivity index (χ2n) is 19.3. The maximum Gasteiger partial charge on any atom is 0.185 e. The van der Waals surface area contributed by atoms with Crippen molar-refractivity contribution in [3.8, 4) is 11.5 Å². The minimum atomic E-state index is 0.0833. The van der Waals surface area contributed by atoms with Crippen molar-refractivity contribution >= 4 is 33.8 Å². The Morgan fingerprint density at radius 2 is 0.561 bits per heavy atom. The average molecular weight is 919 g/mol. The molecule has 66 heavy (non-hydrogen) atoms. The van der Waals surface area contributed by atoms with Crippen LogP contribution in [0.5, 0.6) is 11.5 Å². The van der Waals surface area contributed by atoms with Gasteiger partial charge in [-0.1, -0.05) is 210 Å². The van der Waals surface area contributed by atoms with E-state index >= 15 is 0 Å². The number of thioether (sulfide) groups is 2. The minimum absolute atomic E-state index is 0.0833. The fourth-order valence-electron chi connectivity index (χ4n) is 12.0. The number of carbonyl (C=O) groups is 2. The lowest BCUT2D eigenvalue weighted by atomic mass is 9.55. The normalized spacial score (nSPS) is 17.6. The Morgan fingerprint density at radius 3 is 0.788 bits per heavy atom. The van der Waals surface area contributed by atoms with Crippen LogP contribution >= 0.6 is 23.5 Å². The number of ether oxygens (including phenoxy) is 2. The van der Waals surface area contributed by atoms with Crippen LogP contribution in [0.15, 0.2) is 97.1 Å². The molecule has 0 saturated carbocycles. The van der Waals surface area contributed by atoms with Gasteiger partial charge in [0.25, 0.3) is 0 Å². The summed E-state index contributed by atoms with van der Waals surface area (Å²) in [5, 5.41) is 0.472. The van der Waals surface area contributed by atoms with Gasteiger partial charge < -0.3 is 9.47 Å². The van der Waals surface area contributed by atoms with Crippen LogP contribution in [0.25, 0.3) is 0 Å². The van der Waals surface area contributed by atoms with E-state index in [4.69, 9.17) is 9.47 Å². The first-order chi connectivity index (χ1) is 32.5. The Hall–Kier alpha value is -4.26. The third-order valence-electron chi connectivity index (χ3n) is 14.9. The van der Waals surface area contributed by atoms with Crippen molar-refractivity contribution in [3.05, 3.63) is 164 Å². The summed E-state index contributed by atoms with van der Waals surface area (Å²) < 4.78 is 14.9. The highest BCUT2D eigenvalue weighted by molar-refractivity contribution is 8.13. The summed E-state index contributed by atoms with van der Waals surface area (Å²) in [6.45, 7) is 4.77. The number of unbranched alkanes of at least 4 members (excludes halogenated alkanes) is 16. The molecule has 0 heterocycles. The molecular weight excluding hydrogens is 849 g/mol. The van der Waals surface area contributed by atoms with Gasteiger partial charge in [0.15, 0.2) is 10.2 Å². The van der Waals surface area contributed by atoms with E-state index in [0.717, 1.165) is 48.7 Å². The van der Waals surface area contributed by atoms with Gasteiger partial charge in [-0.2, -0.15) is 0 Å². The van der Waals surface area contributed by atoms with Crippen molar-refractivity contribution < 1.29 is 19.1 Å². The van der Waals surface area contributed by atoms with E-state index < -0.39 is 0 Å². The second-order valence-corrected chi connectivity index (χ2v) is 21.8. The van der Waals surface area contributed by atoms with Gasteiger partial charge in [0.05, 0.1) is 13.2 Å². The Balaban J connectivity index is 0.987. The molecule has 0 spiro atoms. The molecule has 0 aromatic heterocycles. The van der Waals surface area contributed by atoms with Crippen molar-refractivity contribution in [3.63, 3.8) is 0 Å². The van der Waals surface area contributed by atoms with Gasteiger partial charge >= 0.3 is 0 Å². The Morgan fingerprint density at radius 1 is 0.348 bits per heavy atom. The van der Waals surface area contributed by atoms with Crippen LogP contribution in [-0.2, 0) is 9.59 Å². The molecule has 5 aromatic rings. The maximum atomic E-state index is 11.2. The summed E-state index contributed by atoms with van der Waals surface area (Å²) >= 11 is 2.93. The van der Waals surface area contributed by atoms with Crippen LogP contribution in [0, 0.1) is 0 Å². The van der Waals surface area contributed by atoms with E-state index in [2.05, 4.69) is 97.1 Å². The molecule has 346 valence electrons. The van der Waals surface area contributed by atoms with Gasteiger partial charge in [0.1, 0.15) is 11.5 Å². The Bertz CT molecular complexity index is 2080. The highest BCUT2D eigenvalue weighted by Gasteiger charge is 2.52. The van der Waals surface area contributed by atoms with E-state index in [9.17, 15) is 9.59 Å². The van der Waals surface area contributed by atoms with Crippen LogP contribution in [0.4, 0.5) is 0 Å². The Kier molecular flexibility index (Phi) is 16.1. The lowest BCUT2D eigenvalue weighted by Crippen LogP contribution is -2.34. The van der Waals surface area contributed by atoms with Gasteiger partial charge in [-0.05, 0) is 70.2 Å². The fourth-order valence-corrected chi connectivity index (χ4v) is 13.2. The van der Waals surface area contributed by atoms with E-state index in [0.29, 0.717) is 13.2 Å². The van der Waals surface area contributed by atoms with Crippen molar-refractivity contribution in [2.75, 3.05) is 24.7 Å². The third-order valence-corrected chi connectivity index (χ3v) is 16.7. The van der Waals surface area contributed by atoms with Gasteiger partial charge in [0, 0.05) is 71.3 Å². The van der Waals surface area contributed by atoms with E-state index in [-0.39, 0.29) is 33.9 Å². The standard InChI is InChI=1S/C60H70O4S2/c1-41(61)65-39-27-15-11-7-3-5-9-13-25-37-63-59-55-51-43-29-17-21-33-47(43)53(48-34-22-18-30-44(48)51)57(55)60(64-38-26-14-10-6-4-8-12-16-28-40-66-42(2)62)58-54-49-35-23-19-31-45(49)52(56(58)59)46-32-20-24-36-50(46)54/h17-24,29-36,51-54H,3-16,25-28,37-40H2,1-2H3. The van der Waals surface area contributed by atoms with Crippen molar-refractivity contribution in [1.82, 2.24) is 0 Å². The zero-order chi connectivity index (χ0) is 45.2. The quantitative estimate of drug-likeness (QED) is 0.0505.